The predicted octanol–water partition coefficient (Wildman–Crippen LogP) is 5.98. The van der Waals surface area contributed by atoms with Gasteiger partial charge in [0.15, 0.2) is 0 Å². The lowest BCUT2D eigenvalue weighted by Crippen LogP contribution is -2.62. The lowest BCUT2D eigenvalue weighted by molar-refractivity contribution is -0.203. The van der Waals surface area contributed by atoms with E-state index in [-0.39, 0.29) is 33.9 Å². The molecule has 11 atom stereocenters. The molecule has 0 heterocycles. The lowest BCUT2D eigenvalue weighted by atomic mass is 9.41. The van der Waals surface area contributed by atoms with Gasteiger partial charge in [-0.1, -0.05) is 45.7 Å². The Balaban J connectivity index is 1.22. The van der Waals surface area contributed by atoms with E-state index in [2.05, 4.69) is 37.7 Å². The molecule has 9 heteroatoms. The molecule has 2 amide bonds. The molecule has 0 aliphatic heterocycles. The van der Waals surface area contributed by atoms with Crippen LogP contribution in [0.25, 0.3) is 0 Å². The molecule has 230 valence electrons. The lowest BCUT2D eigenvalue weighted by Gasteiger charge is -2.64. The first-order valence-electron chi connectivity index (χ1n) is 15.7. The molecule has 4 saturated carbocycles. The molecule has 0 aromatic heterocycles. The summed E-state index contributed by atoms with van der Waals surface area (Å²) in [5, 5.41) is 25.6. The van der Waals surface area contributed by atoms with E-state index in [0.29, 0.717) is 47.1 Å². The Morgan fingerprint density at radius 1 is 1.02 bits per heavy atom. The highest BCUT2D eigenvalue weighted by molar-refractivity contribution is 7.90. The average molecular weight is 609 g/mol. The van der Waals surface area contributed by atoms with E-state index in [4.69, 9.17) is 11.6 Å². The number of fused-ring (bicyclic) bond motifs is 5. The zero-order chi connectivity index (χ0) is 29.7. The number of amides is 2. The highest BCUT2D eigenvalue weighted by atomic mass is 35.5. The Morgan fingerprint density at radius 2 is 1.68 bits per heavy atom. The van der Waals surface area contributed by atoms with Crippen molar-refractivity contribution in [1.82, 2.24) is 10.0 Å². The van der Waals surface area contributed by atoms with Gasteiger partial charge in [-0.05, 0) is 128 Å². The Bertz CT molecular complexity index is 1210. The quantitative estimate of drug-likeness (QED) is 0.304. The Labute approximate surface area is 251 Å². The standard InChI is InChI=1S/C32H49ClN2O5S/c1-5-23-27-18-21(36)12-15-32(27,4)26-13-16-31(3)24(10-11-25(31)28(26)29(23)37)19(2)14-17-34-30(38)35-41(39,40)22-8-6-20(33)7-9-22/h6-9,19,21,23-29,36-37H,5,10-18H2,1-4H3,(H2,34,35,38)/t19-,21-,23-,24-,25+,26+,27+,28+,29-,31-,32-/m1/s1. The van der Waals surface area contributed by atoms with Gasteiger partial charge >= 0.3 is 6.03 Å². The summed E-state index contributed by atoms with van der Waals surface area (Å²) in [4.78, 5) is 12.4. The van der Waals surface area contributed by atoms with E-state index in [9.17, 15) is 23.4 Å². The maximum atomic E-state index is 12.5. The third-order valence-corrected chi connectivity index (χ3v) is 14.0. The van der Waals surface area contributed by atoms with Gasteiger partial charge in [-0.25, -0.2) is 17.9 Å². The third kappa shape index (κ3) is 5.56. The molecule has 41 heavy (non-hydrogen) atoms. The second kappa shape index (κ2) is 11.6. The highest BCUT2D eigenvalue weighted by Crippen LogP contribution is 2.69. The molecule has 4 N–H and O–H groups in total. The molecule has 0 bridgehead atoms. The van der Waals surface area contributed by atoms with Crippen LogP contribution in [0.4, 0.5) is 4.79 Å². The molecule has 4 fully saturated rings. The van der Waals surface area contributed by atoms with Crippen molar-refractivity contribution in [3.63, 3.8) is 0 Å². The number of carbonyl (C=O) groups is 1. The highest BCUT2D eigenvalue weighted by Gasteiger charge is 2.64. The first-order chi connectivity index (χ1) is 19.3. The average Bonchev–Trinajstić information content (AvgIpc) is 3.27. The van der Waals surface area contributed by atoms with Gasteiger partial charge in [0.05, 0.1) is 17.1 Å². The SMILES string of the molecule is CC[C@H]1[C@@H](O)[C@@H]2[C@H](CC[C@]3(C)[C@@H]([C@H](C)CCNC(=O)NS(=O)(=O)c4ccc(Cl)cc4)CC[C@@H]23)[C@@]2(C)CC[C@@H](O)C[C@@H]12. The molecule has 4 aliphatic rings. The number of aliphatic hydroxyl groups is 2. The summed E-state index contributed by atoms with van der Waals surface area (Å²) in [6.45, 7) is 9.79. The number of urea groups is 1. The van der Waals surface area contributed by atoms with Crippen LogP contribution in [0.5, 0.6) is 0 Å². The molecule has 0 saturated heterocycles. The topological polar surface area (TPSA) is 116 Å². The minimum absolute atomic E-state index is 0.00857. The van der Waals surface area contributed by atoms with Crippen LogP contribution < -0.4 is 10.0 Å². The Morgan fingerprint density at radius 3 is 2.37 bits per heavy atom. The van der Waals surface area contributed by atoms with Crippen LogP contribution >= 0.6 is 11.6 Å². The van der Waals surface area contributed by atoms with Crippen molar-refractivity contribution < 1.29 is 23.4 Å². The van der Waals surface area contributed by atoms with Gasteiger partial charge in [-0.2, -0.15) is 0 Å². The summed E-state index contributed by atoms with van der Waals surface area (Å²) in [5.74, 6) is 2.83. The van der Waals surface area contributed by atoms with Gasteiger partial charge in [0.2, 0.25) is 0 Å². The summed E-state index contributed by atoms with van der Waals surface area (Å²) in [6.07, 6.45) is 8.54. The van der Waals surface area contributed by atoms with Gasteiger partial charge in [0.25, 0.3) is 10.0 Å². The van der Waals surface area contributed by atoms with Crippen molar-refractivity contribution in [3.05, 3.63) is 29.3 Å². The zero-order valence-electron chi connectivity index (χ0n) is 25.0. The van der Waals surface area contributed by atoms with Crippen molar-refractivity contribution in [2.75, 3.05) is 6.54 Å². The summed E-state index contributed by atoms with van der Waals surface area (Å²) >= 11 is 5.85. The van der Waals surface area contributed by atoms with Crippen molar-refractivity contribution in [1.29, 1.82) is 0 Å². The predicted molar refractivity (Wildman–Crippen MR) is 161 cm³/mol. The second-order valence-electron chi connectivity index (χ2n) is 14.2. The summed E-state index contributed by atoms with van der Waals surface area (Å²) in [7, 11) is -3.97. The van der Waals surface area contributed by atoms with Crippen LogP contribution in [0.1, 0.15) is 85.5 Å². The molecular formula is C32H49ClN2O5S. The van der Waals surface area contributed by atoms with E-state index >= 15 is 0 Å². The number of halogens is 1. The zero-order valence-corrected chi connectivity index (χ0v) is 26.6. The van der Waals surface area contributed by atoms with Gasteiger partial charge < -0.3 is 15.5 Å². The molecule has 1 aromatic carbocycles. The molecule has 5 rings (SSSR count). The van der Waals surface area contributed by atoms with Crippen LogP contribution in [-0.4, -0.2) is 43.4 Å². The van der Waals surface area contributed by atoms with Crippen molar-refractivity contribution in [2.24, 2.45) is 52.3 Å². The Kier molecular flexibility index (Phi) is 8.81. The molecule has 0 unspecified atom stereocenters. The number of hydrogen-bond acceptors (Lipinski definition) is 5. The summed E-state index contributed by atoms with van der Waals surface area (Å²) in [6, 6.07) is 4.97. The monoisotopic (exact) mass is 608 g/mol. The number of nitrogens with one attached hydrogen (secondary N) is 2. The van der Waals surface area contributed by atoms with Crippen LogP contribution in [0.3, 0.4) is 0 Å². The van der Waals surface area contributed by atoms with E-state index in [0.717, 1.165) is 57.8 Å². The largest absolute Gasteiger partial charge is 0.393 e. The van der Waals surface area contributed by atoms with Crippen molar-refractivity contribution >= 4 is 27.7 Å². The Hall–Kier alpha value is -1.35. The smallest absolute Gasteiger partial charge is 0.328 e. The normalized spacial score (nSPS) is 41.0. The molecule has 0 radical (unpaired) electrons. The molecule has 0 spiro atoms. The number of rotatable bonds is 7. The van der Waals surface area contributed by atoms with Crippen LogP contribution in [-0.2, 0) is 10.0 Å². The second-order valence-corrected chi connectivity index (χ2v) is 16.3. The molecular weight excluding hydrogens is 560 g/mol. The fraction of sp³-hybridized carbons (Fsp3) is 0.781. The maximum Gasteiger partial charge on any atom is 0.328 e. The van der Waals surface area contributed by atoms with Crippen molar-refractivity contribution in [3.8, 4) is 0 Å². The summed E-state index contributed by atoms with van der Waals surface area (Å²) < 4.78 is 27.1. The third-order valence-electron chi connectivity index (χ3n) is 12.4. The van der Waals surface area contributed by atoms with Crippen LogP contribution in [0, 0.1) is 52.3 Å². The summed E-state index contributed by atoms with van der Waals surface area (Å²) in [5.41, 5.74) is 0.343. The van der Waals surface area contributed by atoms with E-state index in [1.54, 1.807) is 0 Å². The maximum absolute atomic E-state index is 12.5. The van der Waals surface area contributed by atoms with Crippen LogP contribution in [0.2, 0.25) is 5.02 Å². The minimum atomic E-state index is -3.97. The number of aliphatic hydroxyl groups excluding tert-OH is 2. The first-order valence-corrected chi connectivity index (χ1v) is 17.6. The number of benzene rings is 1. The fourth-order valence-electron chi connectivity index (χ4n) is 10.4. The van der Waals surface area contributed by atoms with Crippen LogP contribution in [0.15, 0.2) is 29.2 Å². The number of sulfonamides is 1. The van der Waals surface area contributed by atoms with Gasteiger partial charge in [-0.15, -0.1) is 0 Å². The van der Waals surface area contributed by atoms with Gasteiger partial charge in [0, 0.05) is 11.6 Å². The van der Waals surface area contributed by atoms with E-state index < -0.39 is 16.1 Å². The van der Waals surface area contributed by atoms with E-state index in [1.807, 2.05) is 0 Å². The minimum Gasteiger partial charge on any atom is -0.393 e. The first kappa shape index (κ1) is 31.1. The number of hydrogen-bond donors (Lipinski definition) is 4. The van der Waals surface area contributed by atoms with Crippen molar-refractivity contribution in [2.45, 2.75) is 103 Å². The number of carbonyl (C=O) groups excluding carboxylic acids is 1. The molecule has 4 aliphatic carbocycles. The molecule has 1 aromatic rings. The van der Waals surface area contributed by atoms with E-state index in [1.165, 1.54) is 24.3 Å². The fourth-order valence-corrected chi connectivity index (χ4v) is 11.4. The van der Waals surface area contributed by atoms with Gasteiger partial charge in [-0.3, -0.25) is 0 Å². The molecule has 7 nitrogen and oxygen atoms in total. The van der Waals surface area contributed by atoms with Gasteiger partial charge in [0.1, 0.15) is 0 Å².